The molecule has 82 valence electrons. The standard InChI is InChI=1S/C10H10N4O2/c11-4-7-3-8(13-9-5-12-6-9)1-2-10(7)14(15)16/h1-3,9,12-13H,5-6H2. The van der Waals surface area contributed by atoms with Gasteiger partial charge in [0.2, 0.25) is 0 Å². The van der Waals surface area contributed by atoms with Gasteiger partial charge in [0.1, 0.15) is 11.6 Å². The Balaban J connectivity index is 2.22. The minimum atomic E-state index is -0.548. The zero-order chi connectivity index (χ0) is 11.5. The number of nitro benzene ring substituents is 1. The summed E-state index contributed by atoms with van der Waals surface area (Å²) in [6.07, 6.45) is 0. The molecule has 1 fully saturated rings. The van der Waals surface area contributed by atoms with Crippen LogP contribution in [0.1, 0.15) is 5.56 Å². The molecule has 0 unspecified atom stereocenters. The molecule has 0 bridgehead atoms. The predicted molar refractivity (Wildman–Crippen MR) is 58.1 cm³/mol. The molecule has 1 heterocycles. The van der Waals surface area contributed by atoms with Crippen molar-refractivity contribution in [3.63, 3.8) is 0 Å². The molecular formula is C10H10N4O2. The Morgan fingerprint density at radius 1 is 1.56 bits per heavy atom. The van der Waals surface area contributed by atoms with Crippen molar-refractivity contribution in [3.8, 4) is 6.07 Å². The van der Waals surface area contributed by atoms with Crippen LogP contribution in [0.3, 0.4) is 0 Å². The SMILES string of the molecule is N#Cc1cc(NC2CNC2)ccc1[N+](=O)[O-]. The van der Waals surface area contributed by atoms with Gasteiger partial charge in [-0.2, -0.15) is 5.26 Å². The van der Waals surface area contributed by atoms with Gasteiger partial charge in [0, 0.05) is 24.8 Å². The van der Waals surface area contributed by atoms with Crippen molar-refractivity contribution in [2.75, 3.05) is 18.4 Å². The van der Waals surface area contributed by atoms with Crippen molar-refractivity contribution in [3.05, 3.63) is 33.9 Å². The summed E-state index contributed by atoms with van der Waals surface area (Å²) in [6, 6.07) is 6.66. The fraction of sp³-hybridized carbons (Fsp3) is 0.300. The number of nitrogens with zero attached hydrogens (tertiary/aromatic N) is 2. The number of hydrogen-bond acceptors (Lipinski definition) is 5. The van der Waals surface area contributed by atoms with E-state index in [0.717, 1.165) is 18.8 Å². The average molecular weight is 218 g/mol. The molecule has 0 saturated carbocycles. The fourth-order valence-electron chi connectivity index (χ4n) is 1.50. The maximum absolute atomic E-state index is 10.6. The molecule has 2 rings (SSSR count). The lowest BCUT2D eigenvalue weighted by Crippen LogP contribution is -2.51. The molecule has 0 amide bonds. The fourth-order valence-corrected chi connectivity index (χ4v) is 1.50. The van der Waals surface area contributed by atoms with Gasteiger partial charge < -0.3 is 10.6 Å². The molecule has 1 aliphatic heterocycles. The summed E-state index contributed by atoms with van der Waals surface area (Å²) >= 11 is 0. The molecule has 1 aromatic carbocycles. The number of rotatable bonds is 3. The molecule has 1 aromatic rings. The summed E-state index contributed by atoms with van der Waals surface area (Å²) in [4.78, 5) is 10.1. The van der Waals surface area contributed by atoms with E-state index < -0.39 is 4.92 Å². The quantitative estimate of drug-likeness (QED) is 0.579. The molecule has 1 saturated heterocycles. The van der Waals surface area contributed by atoms with Crippen molar-refractivity contribution in [2.24, 2.45) is 0 Å². The molecule has 0 aliphatic carbocycles. The first-order chi connectivity index (χ1) is 7.70. The van der Waals surface area contributed by atoms with E-state index in [1.165, 1.54) is 12.1 Å². The van der Waals surface area contributed by atoms with Crippen molar-refractivity contribution in [1.82, 2.24) is 5.32 Å². The normalized spacial score (nSPS) is 14.9. The molecule has 6 nitrogen and oxygen atoms in total. The van der Waals surface area contributed by atoms with E-state index in [2.05, 4.69) is 10.6 Å². The second kappa shape index (κ2) is 4.16. The van der Waals surface area contributed by atoms with E-state index in [1.807, 2.05) is 6.07 Å². The molecule has 0 radical (unpaired) electrons. The third kappa shape index (κ3) is 1.94. The predicted octanol–water partition coefficient (Wildman–Crippen LogP) is 0.850. The molecule has 16 heavy (non-hydrogen) atoms. The van der Waals surface area contributed by atoms with Crippen LogP contribution in [-0.2, 0) is 0 Å². The van der Waals surface area contributed by atoms with Crippen LogP contribution < -0.4 is 10.6 Å². The molecule has 6 heteroatoms. The number of nitro groups is 1. The number of benzene rings is 1. The minimum Gasteiger partial charge on any atom is -0.380 e. The van der Waals surface area contributed by atoms with E-state index >= 15 is 0 Å². The van der Waals surface area contributed by atoms with Gasteiger partial charge in [-0.15, -0.1) is 0 Å². The molecule has 2 N–H and O–H groups in total. The van der Waals surface area contributed by atoms with Crippen LogP contribution in [0.4, 0.5) is 11.4 Å². The second-order valence-electron chi connectivity index (χ2n) is 3.60. The Bertz CT molecular complexity index is 462. The van der Waals surface area contributed by atoms with Crippen molar-refractivity contribution in [1.29, 1.82) is 5.26 Å². The van der Waals surface area contributed by atoms with Gasteiger partial charge in [-0.05, 0) is 12.1 Å². The van der Waals surface area contributed by atoms with E-state index in [0.29, 0.717) is 6.04 Å². The van der Waals surface area contributed by atoms with E-state index in [4.69, 9.17) is 5.26 Å². The van der Waals surface area contributed by atoms with Gasteiger partial charge in [0.05, 0.1) is 11.0 Å². The summed E-state index contributed by atoms with van der Waals surface area (Å²) in [7, 11) is 0. The summed E-state index contributed by atoms with van der Waals surface area (Å²) in [5.74, 6) is 0. The summed E-state index contributed by atoms with van der Waals surface area (Å²) in [5, 5.41) is 25.7. The highest BCUT2D eigenvalue weighted by atomic mass is 16.6. The van der Waals surface area contributed by atoms with Gasteiger partial charge in [-0.1, -0.05) is 0 Å². The van der Waals surface area contributed by atoms with E-state index in [1.54, 1.807) is 6.07 Å². The Morgan fingerprint density at radius 2 is 2.31 bits per heavy atom. The van der Waals surface area contributed by atoms with Gasteiger partial charge in [-0.3, -0.25) is 10.1 Å². The molecule has 0 atom stereocenters. The maximum atomic E-state index is 10.6. The van der Waals surface area contributed by atoms with Crippen molar-refractivity contribution >= 4 is 11.4 Å². The lowest BCUT2D eigenvalue weighted by Gasteiger charge is -2.28. The molecule has 0 spiro atoms. The van der Waals surface area contributed by atoms with Gasteiger partial charge in [-0.25, -0.2) is 0 Å². The topological polar surface area (TPSA) is 91.0 Å². The van der Waals surface area contributed by atoms with Crippen LogP contribution in [0, 0.1) is 21.4 Å². The van der Waals surface area contributed by atoms with Crippen LogP contribution in [0.15, 0.2) is 18.2 Å². The van der Waals surface area contributed by atoms with Crippen molar-refractivity contribution in [2.45, 2.75) is 6.04 Å². The Morgan fingerprint density at radius 3 is 2.81 bits per heavy atom. The Labute approximate surface area is 92.0 Å². The first kappa shape index (κ1) is 10.4. The Kier molecular flexibility index (Phi) is 2.70. The first-order valence-electron chi connectivity index (χ1n) is 4.86. The first-order valence-corrected chi connectivity index (χ1v) is 4.86. The number of hydrogen-bond donors (Lipinski definition) is 2. The minimum absolute atomic E-state index is 0.0854. The lowest BCUT2D eigenvalue weighted by molar-refractivity contribution is -0.385. The monoisotopic (exact) mass is 218 g/mol. The highest BCUT2D eigenvalue weighted by Gasteiger charge is 2.18. The van der Waals surface area contributed by atoms with Crippen LogP contribution in [0.5, 0.6) is 0 Å². The third-order valence-corrected chi connectivity index (χ3v) is 2.47. The second-order valence-corrected chi connectivity index (χ2v) is 3.60. The summed E-state index contributed by atoms with van der Waals surface area (Å²) in [5.41, 5.74) is 0.677. The smallest absolute Gasteiger partial charge is 0.287 e. The molecule has 1 aliphatic rings. The maximum Gasteiger partial charge on any atom is 0.287 e. The zero-order valence-electron chi connectivity index (χ0n) is 8.43. The summed E-state index contributed by atoms with van der Waals surface area (Å²) < 4.78 is 0. The van der Waals surface area contributed by atoms with Crippen LogP contribution >= 0.6 is 0 Å². The zero-order valence-corrected chi connectivity index (χ0v) is 8.43. The van der Waals surface area contributed by atoms with Gasteiger partial charge in [0.25, 0.3) is 5.69 Å². The summed E-state index contributed by atoms with van der Waals surface area (Å²) in [6.45, 7) is 1.75. The number of anilines is 1. The Hall–Kier alpha value is -2.13. The lowest BCUT2D eigenvalue weighted by atomic mass is 10.1. The van der Waals surface area contributed by atoms with E-state index in [9.17, 15) is 10.1 Å². The van der Waals surface area contributed by atoms with Crippen molar-refractivity contribution < 1.29 is 4.92 Å². The molecule has 0 aromatic heterocycles. The highest BCUT2D eigenvalue weighted by Crippen LogP contribution is 2.22. The highest BCUT2D eigenvalue weighted by molar-refractivity contribution is 5.59. The average Bonchev–Trinajstić information content (AvgIpc) is 2.23. The van der Waals surface area contributed by atoms with Gasteiger partial charge in [0.15, 0.2) is 0 Å². The largest absolute Gasteiger partial charge is 0.380 e. The van der Waals surface area contributed by atoms with Crippen LogP contribution in [-0.4, -0.2) is 24.1 Å². The molecular weight excluding hydrogens is 208 g/mol. The van der Waals surface area contributed by atoms with E-state index in [-0.39, 0.29) is 11.3 Å². The number of nitrogens with one attached hydrogen (secondary N) is 2. The number of nitriles is 1. The van der Waals surface area contributed by atoms with Crippen LogP contribution in [0.25, 0.3) is 0 Å². The third-order valence-electron chi connectivity index (χ3n) is 2.47. The van der Waals surface area contributed by atoms with Crippen LogP contribution in [0.2, 0.25) is 0 Å². The van der Waals surface area contributed by atoms with Gasteiger partial charge >= 0.3 is 0 Å².